The molecule has 1 saturated heterocycles. The van der Waals surface area contributed by atoms with E-state index in [4.69, 9.17) is 10.8 Å². The van der Waals surface area contributed by atoms with Crippen LogP contribution < -0.4 is 11.1 Å². The number of nitrogens with two attached hydrogens (primary N) is 1. The lowest BCUT2D eigenvalue weighted by Gasteiger charge is -2.29. The summed E-state index contributed by atoms with van der Waals surface area (Å²) in [6.45, 7) is 3.45. The third kappa shape index (κ3) is 3.53. The Hall–Kier alpha value is -1.51. The van der Waals surface area contributed by atoms with Gasteiger partial charge in [0, 0.05) is 19.1 Å². The third-order valence-electron chi connectivity index (χ3n) is 3.33. The molecule has 2 rings (SSSR count). The maximum Gasteiger partial charge on any atom is 0.340 e. The molecule has 0 unspecified atom stereocenters. The highest BCUT2D eigenvalue weighted by atomic mass is 32.1. The van der Waals surface area contributed by atoms with Gasteiger partial charge in [-0.1, -0.05) is 0 Å². The first-order chi connectivity index (χ1) is 9.47. The molecule has 4 N–H and O–H groups in total. The average Bonchev–Trinajstić information content (AvgIpc) is 2.73. The Bertz CT molecular complexity index is 509. The standard InChI is InChI=1S/C12H18N4O3S/c1-7-10(12(18)19)11(20-15-7)14-9(17)6-16-4-2-8(13)3-5-16/h8H,2-6,13H2,1H3,(H,14,17)(H,18,19). The second kappa shape index (κ2) is 6.29. The molecular weight excluding hydrogens is 280 g/mol. The number of carboxylic acid groups (broad SMARTS) is 1. The number of hydrogen-bond donors (Lipinski definition) is 3. The Morgan fingerprint density at radius 3 is 2.75 bits per heavy atom. The van der Waals surface area contributed by atoms with Crippen LogP contribution in [-0.4, -0.2) is 51.9 Å². The van der Waals surface area contributed by atoms with E-state index in [0.29, 0.717) is 10.7 Å². The summed E-state index contributed by atoms with van der Waals surface area (Å²) >= 11 is 0.994. The molecule has 0 atom stereocenters. The van der Waals surface area contributed by atoms with E-state index in [1.165, 1.54) is 0 Å². The van der Waals surface area contributed by atoms with E-state index in [1.807, 2.05) is 4.90 Å². The van der Waals surface area contributed by atoms with Gasteiger partial charge in [0.1, 0.15) is 10.6 Å². The Balaban J connectivity index is 1.93. The number of likely N-dealkylation sites (tertiary alicyclic amines) is 1. The third-order valence-corrected chi connectivity index (χ3v) is 4.18. The fraction of sp³-hybridized carbons (Fsp3) is 0.583. The molecule has 1 fully saturated rings. The summed E-state index contributed by atoms with van der Waals surface area (Å²) in [7, 11) is 0. The lowest BCUT2D eigenvalue weighted by molar-refractivity contribution is -0.117. The topological polar surface area (TPSA) is 109 Å². The highest BCUT2D eigenvalue weighted by molar-refractivity contribution is 7.11. The Morgan fingerprint density at radius 2 is 2.15 bits per heavy atom. The van der Waals surface area contributed by atoms with Crippen molar-refractivity contribution in [2.24, 2.45) is 5.73 Å². The second-order valence-corrected chi connectivity index (χ2v) is 5.71. The number of aromatic nitrogens is 1. The van der Waals surface area contributed by atoms with Gasteiger partial charge in [-0.15, -0.1) is 0 Å². The minimum absolute atomic E-state index is 0.0732. The SMILES string of the molecule is Cc1nsc(NC(=O)CN2CCC(N)CC2)c1C(=O)O. The van der Waals surface area contributed by atoms with Crippen LogP contribution in [0.25, 0.3) is 0 Å². The minimum Gasteiger partial charge on any atom is -0.478 e. The first kappa shape index (κ1) is 14.9. The maximum atomic E-state index is 11.9. The van der Waals surface area contributed by atoms with E-state index in [1.54, 1.807) is 6.92 Å². The van der Waals surface area contributed by atoms with Crippen molar-refractivity contribution in [3.05, 3.63) is 11.3 Å². The molecule has 110 valence electrons. The number of carbonyl (C=O) groups is 2. The molecule has 1 aromatic rings. The number of rotatable bonds is 4. The first-order valence-electron chi connectivity index (χ1n) is 6.44. The number of amides is 1. The van der Waals surface area contributed by atoms with Gasteiger partial charge in [0.15, 0.2) is 0 Å². The Labute approximate surface area is 120 Å². The van der Waals surface area contributed by atoms with Crippen LogP contribution in [0.1, 0.15) is 28.9 Å². The summed E-state index contributed by atoms with van der Waals surface area (Å²) in [4.78, 5) is 25.1. The number of nitrogens with zero attached hydrogens (tertiary/aromatic N) is 2. The van der Waals surface area contributed by atoms with Crippen LogP contribution in [0.4, 0.5) is 5.00 Å². The number of hydrogen-bond acceptors (Lipinski definition) is 6. The monoisotopic (exact) mass is 298 g/mol. The van der Waals surface area contributed by atoms with E-state index in [2.05, 4.69) is 9.69 Å². The molecule has 0 aromatic carbocycles. The van der Waals surface area contributed by atoms with Crippen LogP contribution >= 0.6 is 11.5 Å². The second-order valence-electron chi connectivity index (χ2n) is 4.94. The van der Waals surface area contributed by atoms with Gasteiger partial charge in [-0.25, -0.2) is 4.79 Å². The van der Waals surface area contributed by atoms with Crippen molar-refractivity contribution in [1.82, 2.24) is 9.27 Å². The van der Waals surface area contributed by atoms with Crippen LogP contribution in [-0.2, 0) is 4.79 Å². The number of carboxylic acids is 1. The maximum absolute atomic E-state index is 11.9. The number of anilines is 1. The number of piperidine rings is 1. The number of carbonyl (C=O) groups excluding carboxylic acids is 1. The van der Waals surface area contributed by atoms with E-state index in [9.17, 15) is 9.59 Å². The van der Waals surface area contributed by atoms with Gasteiger partial charge in [-0.05, 0) is 31.3 Å². The average molecular weight is 298 g/mol. The van der Waals surface area contributed by atoms with E-state index in [-0.39, 0.29) is 24.1 Å². The van der Waals surface area contributed by atoms with E-state index >= 15 is 0 Å². The molecule has 0 saturated carbocycles. The molecule has 0 bridgehead atoms. The fourth-order valence-corrected chi connectivity index (χ4v) is 2.99. The minimum atomic E-state index is -1.07. The van der Waals surface area contributed by atoms with Gasteiger partial charge in [-0.3, -0.25) is 9.69 Å². The summed E-state index contributed by atoms with van der Waals surface area (Å²) in [5.74, 6) is -1.29. The molecule has 20 heavy (non-hydrogen) atoms. The molecule has 1 aliphatic rings. The largest absolute Gasteiger partial charge is 0.478 e. The molecule has 1 amide bonds. The van der Waals surface area contributed by atoms with E-state index in [0.717, 1.165) is 37.5 Å². The number of nitrogens with one attached hydrogen (secondary N) is 1. The predicted molar refractivity (Wildman–Crippen MR) is 76.1 cm³/mol. The normalized spacial score (nSPS) is 17.1. The van der Waals surface area contributed by atoms with Crippen molar-refractivity contribution in [2.75, 3.05) is 25.0 Å². The molecular formula is C12H18N4O3S. The molecule has 8 heteroatoms. The van der Waals surface area contributed by atoms with Gasteiger partial charge in [-0.2, -0.15) is 4.37 Å². The zero-order chi connectivity index (χ0) is 14.7. The highest BCUT2D eigenvalue weighted by Crippen LogP contribution is 2.24. The van der Waals surface area contributed by atoms with Crippen LogP contribution in [0.5, 0.6) is 0 Å². The summed E-state index contributed by atoms with van der Waals surface area (Å²) in [5, 5.41) is 12.0. The van der Waals surface area contributed by atoms with Crippen molar-refractivity contribution in [3.8, 4) is 0 Å². The Kier molecular flexibility index (Phi) is 4.69. The van der Waals surface area contributed by atoms with Crippen molar-refractivity contribution in [2.45, 2.75) is 25.8 Å². The summed E-state index contributed by atoms with van der Waals surface area (Å²) in [6, 6.07) is 0.220. The fourth-order valence-electron chi connectivity index (χ4n) is 2.19. The summed E-state index contributed by atoms with van der Waals surface area (Å²) in [5.41, 5.74) is 6.30. The molecule has 1 aromatic heterocycles. The van der Waals surface area contributed by atoms with Crippen molar-refractivity contribution in [3.63, 3.8) is 0 Å². The molecule has 0 radical (unpaired) electrons. The van der Waals surface area contributed by atoms with Gasteiger partial charge in [0.25, 0.3) is 0 Å². The van der Waals surface area contributed by atoms with Gasteiger partial charge in [0.2, 0.25) is 5.91 Å². The molecule has 7 nitrogen and oxygen atoms in total. The first-order valence-corrected chi connectivity index (χ1v) is 7.22. The molecule has 2 heterocycles. The molecule has 0 aliphatic carbocycles. The van der Waals surface area contributed by atoms with Crippen LogP contribution in [0, 0.1) is 6.92 Å². The summed E-state index contributed by atoms with van der Waals surface area (Å²) in [6.07, 6.45) is 1.76. The quantitative estimate of drug-likeness (QED) is 0.747. The van der Waals surface area contributed by atoms with E-state index < -0.39 is 5.97 Å². The summed E-state index contributed by atoms with van der Waals surface area (Å²) < 4.78 is 3.96. The van der Waals surface area contributed by atoms with Gasteiger partial charge in [0.05, 0.1) is 12.2 Å². The van der Waals surface area contributed by atoms with Crippen molar-refractivity contribution < 1.29 is 14.7 Å². The lowest BCUT2D eigenvalue weighted by Crippen LogP contribution is -2.43. The number of aromatic carboxylic acids is 1. The van der Waals surface area contributed by atoms with Gasteiger partial charge >= 0.3 is 5.97 Å². The van der Waals surface area contributed by atoms with Crippen molar-refractivity contribution in [1.29, 1.82) is 0 Å². The van der Waals surface area contributed by atoms with Crippen molar-refractivity contribution >= 4 is 28.4 Å². The molecule has 0 spiro atoms. The van der Waals surface area contributed by atoms with Gasteiger partial charge < -0.3 is 16.2 Å². The molecule has 1 aliphatic heterocycles. The predicted octanol–water partition coefficient (Wildman–Crippen LogP) is 0.511. The van der Waals surface area contributed by atoms with Crippen LogP contribution in [0.15, 0.2) is 0 Å². The highest BCUT2D eigenvalue weighted by Gasteiger charge is 2.22. The Morgan fingerprint density at radius 1 is 1.50 bits per heavy atom. The lowest BCUT2D eigenvalue weighted by atomic mass is 10.1. The smallest absolute Gasteiger partial charge is 0.340 e. The zero-order valence-electron chi connectivity index (χ0n) is 11.3. The van der Waals surface area contributed by atoms with Crippen LogP contribution in [0.2, 0.25) is 0 Å². The zero-order valence-corrected chi connectivity index (χ0v) is 12.1. The number of aryl methyl sites for hydroxylation is 1. The van der Waals surface area contributed by atoms with Crippen LogP contribution in [0.3, 0.4) is 0 Å².